The smallest absolute Gasteiger partial charge is 0.135 e. The summed E-state index contributed by atoms with van der Waals surface area (Å²) in [7, 11) is 1.65. The largest absolute Gasteiger partial charge is 0.495 e. The molecule has 96 valence electrons. The first kappa shape index (κ1) is 14.8. The van der Waals surface area contributed by atoms with E-state index in [9.17, 15) is 0 Å². The first-order chi connectivity index (χ1) is 8.08. The average Bonchev–Trinajstić information content (AvgIpc) is 2.30. The van der Waals surface area contributed by atoms with Gasteiger partial charge in [0.2, 0.25) is 0 Å². The molecule has 1 unspecified atom stereocenters. The number of benzene rings is 1. The van der Waals surface area contributed by atoms with Crippen LogP contribution in [-0.2, 0) is 4.74 Å². The second-order valence-corrected chi connectivity index (χ2v) is 5.38. The Balaban J connectivity index is 2.76. The molecule has 0 spiro atoms. The lowest BCUT2D eigenvalue weighted by molar-refractivity contribution is 0.141. The van der Waals surface area contributed by atoms with Gasteiger partial charge in [0, 0.05) is 23.2 Å². The molecular weight excluding hydrogens is 350 g/mol. The molecule has 1 atom stereocenters. The fourth-order valence-electron chi connectivity index (χ4n) is 1.40. The number of ether oxygens (including phenoxy) is 2. The van der Waals surface area contributed by atoms with Crippen molar-refractivity contribution in [1.82, 2.24) is 0 Å². The van der Waals surface area contributed by atoms with Crippen LogP contribution in [0, 0.1) is 0 Å². The first-order valence-corrected chi connectivity index (χ1v) is 7.04. The maximum Gasteiger partial charge on any atom is 0.135 e. The molecule has 0 radical (unpaired) electrons. The quantitative estimate of drug-likeness (QED) is 0.823. The fraction of sp³-hybridized carbons (Fsp3) is 0.500. The van der Waals surface area contributed by atoms with E-state index in [2.05, 4.69) is 44.1 Å². The van der Waals surface area contributed by atoms with E-state index in [1.54, 1.807) is 7.11 Å². The van der Waals surface area contributed by atoms with Crippen LogP contribution in [-0.4, -0.2) is 26.4 Å². The molecule has 0 saturated carbocycles. The SMILES string of the molecule is CCOCC(C)Nc1cc(OC)c(Br)cc1Br. The monoisotopic (exact) mass is 365 g/mol. The van der Waals surface area contributed by atoms with Gasteiger partial charge in [-0.1, -0.05) is 0 Å². The Morgan fingerprint density at radius 3 is 2.59 bits per heavy atom. The van der Waals surface area contributed by atoms with Crippen molar-refractivity contribution in [3.63, 3.8) is 0 Å². The van der Waals surface area contributed by atoms with Gasteiger partial charge in [-0.2, -0.15) is 0 Å². The molecule has 1 aromatic carbocycles. The second kappa shape index (κ2) is 7.24. The third-order valence-corrected chi connectivity index (χ3v) is 3.49. The zero-order valence-corrected chi connectivity index (χ0v) is 13.4. The summed E-state index contributed by atoms with van der Waals surface area (Å²) in [6.45, 7) is 5.49. The van der Waals surface area contributed by atoms with Crippen molar-refractivity contribution in [2.75, 3.05) is 25.6 Å². The third-order valence-electron chi connectivity index (χ3n) is 2.22. The van der Waals surface area contributed by atoms with Crippen LogP contribution in [0.4, 0.5) is 5.69 Å². The summed E-state index contributed by atoms with van der Waals surface area (Å²) < 4.78 is 12.6. The highest BCUT2D eigenvalue weighted by molar-refractivity contribution is 9.11. The van der Waals surface area contributed by atoms with E-state index >= 15 is 0 Å². The van der Waals surface area contributed by atoms with E-state index in [-0.39, 0.29) is 6.04 Å². The Morgan fingerprint density at radius 2 is 2.00 bits per heavy atom. The predicted molar refractivity (Wildman–Crippen MR) is 78.0 cm³/mol. The van der Waals surface area contributed by atoms with Crippen molar-refractivity contribution in [1.29, 1.82) is 0 Å². The van der Waals surface area contributed by atoms with Gasteiger partial charge in [-0.15, -0.1) is 0 Å². The topological polar surface area (TPSA) is 30.5 Å². The standard InChI is InChI=1S/C12H17Br2NO2/c1-4-17-7-8(2)15-11-6-12(16-3)10(14)5-9(11)13/h5-6,8,15H,4,7H2,1-3H3. The van der Waals surface area contributed by atoms with Crippen molar-refractivity contribution in [3.05, 3.63) is 21.1 Å². The molecule has 0 aliphatic heterocycles. The van der Waals surface area contributed by atoms with Crippen LogP contribution < -0.4 is 10.1 Å². The molecule has 0 saturated heterocycles. The summed E-state index contributed by atoms with van der Waals surface area (Å²) >= 11 is 6.96. The molecule has 0 aliphatic carbocycles. The number of anilines is 1. The average molecular weight is 367 g/mol. The summed E-state index contributed by atoms with van der Waals surface area (Å²) in [5.74, 6) is 0.805. The van der Waals surface area contributed by atoms with E-state index < -0.39 is 0 Å². The van der Waals surface area contributed by atoms with Crippen LogP contribution in [0.1, 0.15) is 13.8 Å². The maximum absolute atomic E-state index is 5.37. The summed E-state index contributed by atoms with van der Waals surface area (Å²) in [5.41, 5.74) is 0.997. The van der Waals surface area contributed by atoms with E-state index in [0.717, 1.165) is 27.0 Å². The van der Waals surface area contributed by atoms with Gasteiger partial charge >= 0.3 is 0 Å². The van der Waals surface area contributed by atoms with Crippen molar-refractivity contribution in [2.45, 2.75) is 19.9 Å². The highest BCUT2D eigenvalue weighted by atomic mass is 79.9. The van der Waals surface area contributed by atoms with E-state index in [0.29, 0.717) is 6.61 Å². The lowest BCUT2D eigenvalue weighted by Crippen LogP contribution is -2.21. The van der Waals surface area contributed by atoms with Crippen molar-refractivity contribution in [2.24, 2.45) is 0 Å². The van der Waals surface area contributed by atoms with Gasteiger partial charge < -0.3 is 14.8 Å². The minimum atomic E-state index is 0.247. The van der Waals surface area contributed by atoms with E-state index in [4.69, 9.17) is 9.47 Å². The minimum Gasteiger partial charge on any atom is -0.495 e. The molecule has 0 bridgehead atoms. The van der Waals surface area contributed by atoms with Crippen LogP contribution in [0.5, 0.6) is 5.75 Å². The van der Waals surface area contributed by atoms with Crippen molar-refractivity contribution >= 4 is 37.5 Å². The molecule has 1 rings (SSSR count). The highest BCUT2D eigenvalue weighted by Crippen LogP contribution is 2.34. The van der Waals surface area contributed by atoms with Gasteiger partial charge in [-0.25, -0.2) is 0 Å². The molecule has 0 aromatic heterocycles. The summed E-state index contributed by atoms with van der Waals surface area (Å²) in [4.78, 5) is 0. The lowest BCUT2D eigenvalue weighted by Gasteiger charge is -2.17. The predicted octanol–water partition coefficient (Wildman–Crippen LogP) is 4.06. The molecular formula is C12H17Br2NO2. The van der Waals surface area contributed by atoms with Crippen LogP contribution in [0.25, 0.3) is 0 Å². The Bertz CT molecular complexity index is 372. The highest BCUT2D eigenvalue weighted by Gasteiger charge is 2.09. The first-order valence-electron chi connectivity index (χ1n) is 5.45. The van der Waals surface area contributed by atoms with Crippen LogP contribution in [0.3, 0.4) is 0 Å². The molecule has 0 heterocycles. The second-order valence-electron chi connectivity index (χ2n) is 3.67. The normalized spacial score (nSPS) is 12.3. The zero-order valence-electron chi connectivity index (χ0n) is 10.2. The Kier molecular flexibility index (Phi) is 6.30. The van der Waals surface area contributed by atoms with Crippen LogP contribution in [0.2, 0.25) is 0 Å². The molecule has 3 nitrogen and oxygen atoms in total. The summed E-state index contributed by atoms with van der Waals surface area (Å²) in [6.07, 6.45) is 0. The van der Waals surface area contributed by atoms with Gasteiger partial charge in [0.15, 0.2) is 0 Å². The number of nitrogens with one attached hydrogen (secondary N) is 1. The molecule has 17 heavy (non-hydrogen) atoms. The molecule has 5 heteroatoms. The molecule has 0 amide bonds. The van der Waals surface area contributed by atoms with Crippen molar-refractivity contribution < 1.29 is 9.47 Å². The number of hydrogen-bond donors (Lipinski definition) is 1. The minimum absolute atomic E-state index is 0.247. The lowest BCUT2D eigenvalue weighted by atomic mass is 10.2. The number of hydrogen-bond acceptors (Lipinski definition) is 3. The Morgan fingerprint density at radius 1 is 1.29 bits per heavy atom. The fourth-order valence-corrected chi connectivity index (χ4v) is 2.67. The Hall–Kier alpha value is -0.260. The maximum atomic E-state index is 5.37. The number of methoxy groups -OCH3 is 1. The van der Waals surface area contributed by atoms with Gasteiger partial charge in [0.1, 0.15) is 5.75 Å². The van der Waals surface area contributed by atoms with E-state index in [1.165, 1.54) is 0 Å². The molecule has 1 aromatic rings. The zero-order chi connectivity index (χ0) is 12.8. The molecule has 0 fully saturated rings. The van der Waals surface area contributed by atoms with Gasteiger partial charge in [-0.3, -0.25) is 0 Å². The van der Waals surface area contributed by atoms with Crippen LogP contribution >= 0.6 is 31.9 Å². The van der Waals surface area contributed by atoms with Gasteiger partial charge in [-0.05, 0) is 51.8 Å². The van der Waals surface area contributed by atoms with E-state index in [1.807, 2.05) is 19.1 Å². The number of rotatable bonds is 6. The van der Waals surface area contributed by atoms with Crippen LogP contribution in [0.15, 0.2) is 21.1 Å². The van der Waals surface area contributed by atoms with Gasteiger partial charge in [0.05, 0.1) is 23.9 Å². The third kappa shape index (κ3) is 4.48. The van der Waals surface area contributed by atoms with Crippen molar-refractivity contribution in [3.8, 4) is 5.75 Å². The summed E-state index contributed by atoms with van der Waals surface area (Å²) in [5, 5.41) is 3.37. The van der Waals surface area contributed by atoms with Gasteiger partial charge in [0.25, 0.3) is 0 Å². The number of halogens is 2. The molecule has 0 aliphatic rings. The molecule has 1 N–H and O–H groups in total. The summed E-state index contributed by atoms with van der Waals surface area (Å²) in [6, 6.07) is 4.17. The Labute approximate surface area is 119 Å².